The number of nitrogens with zero attached hydrogens (tertiary/aromatic N) is 2. The average molecular weight is 368 g/mol. The molecule has 1 aliphatic carbocycles. The lowest BCUT2D eigenvalue weighted by atomic mass is 9.98. The monoisotopic (exact) mass is 368 g/mol. The zero-order valence-electron chi connectivity index (χ0n) is 14.2. The van der Waals surface area contributed by atoms with Crippen LogP contribution in [0.2, 0.25) is 0 Å². The second-order valence-electron chi connectivity index (χ2n) is 6.64. The maximum Gasteiger partial charge on any atom is 0.208 e. The van der Waals surface area contributed by atoms with Crippen molar-refractivity contribution < 1.29 is 13.2 Å². The van der Waals surface area contributed by atoms with Crippen molar-refractivity contribution in [2.24, 2.45) is 10.9 Å². The topological polar surface area (TPSA) is 68.6 Å². The molecular weight excluding hydrogens is 348 g/mol. The molecule has 134 valence electrons. The highest BCUT2D eigenvalue weighted by atomic mass is 32.2. The Morgan fingerprint density at radius 2 is 1.81 bits per heavy atom. The highest BCUT2D eigenvalue weighted by Crippen LogP contribution is 2.45. The molecule has 0 spiro atoms. The van der Waals surface area contributed by atoms with Gasteiger partial charge in [-0.05, 0) is 55.7 Å². The summed E-state index contributed by atoms with van der Waals surface area (Å²) >= 11 is 0. The predicted molar refractivity (Wildman–Crippen MR) is 100.0 cm³/mol. The van der Waals surface area contributed by atoms with Crippen LogP contribution in [-0.4, -0.2) is 30.6 Å². The van der Waals surface area contributed by atoms with Crippen LogP contribution in [0.3, 0.4) is 0 Å². The molecule has 1 aromatic carbocycles. The van der Waals surface area contributed by atoms with Crippen LogP contribution in [-0.2, 0) is 9.84 Å². The summed E-state index contributed by atoms with van der Waals surface area (Å²) in [5, 5.41) is 0. The lowest BCUT2D eigenvalue weighted by Crippen LogP contribution is -2.40. The first-order valence-corrected chi connectivity index (χ1v) is 10.2. The molecule has 0 bridgehead atoms. The first kappa shape index (κ1) is 17.0. The van der Waals surface area contributed by atoms with Gasteiger partial charge in [0.25, 0.3) is 0 Å². The van der Waals surface area contributed by atoms with E-state index < -0.39 is 14.7 Å². The Morgan fingerprint density at radius 1 is 1.04 bits per heavy atom. The lowest BCUT2D eigenvalue weighted by molar-refractivity contribution is 0.201. The number of pyridine rings is 1. The number of ether oxygens (including phenoxy) is 1. The zero-order valence-corrected chi connectivity index (χ0v) is 15.0. The van der Waals surface area contributed by atoms with Crippen molar-refractivity contribution in [3.05, 3.63) is 67.0 Å². The molecule has 1 saturated carbocycles. The summed E-state index contributed by atoms with van der Waals surface area (Å²) in [6.45, 7) is 0. The largest absolute Gasteiger partial charge is 0.490 e. The minimum Gasteiger partial charge on any atom is -0.490 e. The zero-order chi connectivity index (χ0) is 18.0. The second kappa shape index (κ2) is 6.68. The van der Waals surface area contributed by atoms with Gasteiger partial charge in [-0.25, -0.2) is 8.42 Å². The van der Waals surface area contributed by atoms with Crippen molar-refractivity contribution in [1.29, 1.82) is 0 Å². The molecule has 0 N–H and O–H groups in total. The summed E-state index contributed by atoms with van der Waals surface area (Å²) < 4.78 is 32.8. The Hall–Kier alpha value is -2.47. The van der Waals surface area contributed by atoms with Crippen LogP contribution in [0.25, 0.3) is 0 Å². The first-order chi connectivity index (χ1) is 12.6. The highest BCUT2D eigenvalue weighted by molar-refractivity contribution is 7.93. The van der Waals surface area contributed by atoms with E-state index in [0.717, 1.165) is 18.6 Å². The predicted octanol–water partition coefficient (Wildman–Crippen LogP) is 3.44. The van der Waals surface area contributed by atoms with E-state index in [4.69, 9.17) is 4.74 Å². The molecule has 0 radical (unpaired) electrons. The van der Waals surface area contributed by atoms with E-state index in [-0.39, 0.29) is 12.0 Å². The van der Waals surface area contributed by atoms with E-state index in [0.29, 0.717) is 11.3 Å². The van der Waals surface area contributed by atoms with E-state index >= 15 is 0 Å². The highest BCUT2D eigenvalue weighted by Gasteiger charge is 2.52. The van der Waals surface area contributed by atoms with Gasteiger partial charge in [0.2, 0.25) is 9.84 Å². The van der Waals surface area contributed by atoms with Crippen LogP contribution in [0.15, 0.2) is 76.9 Å². The van der Waals surface area contributed by atoms with Gasteiger partial charge >= 0.3 is 0 Å². The van der Waals surface area contributed by atoms with Crippen LogP contribution < -0.4 is 4.74 Å². The van der Waals surface area contributed by atoms with Gasteiger partial charge in [0.05, 0.1) is 11.0 Å². The van der Waals surface area contributed by atoms with Crippen molar-refractivity contribution in [1.82, 2.24) is 4.98 Å². The number of sulfone groups is 1. The second-order valence-corrected chi connectivity index (χ2v) is 8.77. The summed E-state index contributed by atoms with van der Waals surface area (Å²) in [7, 11) is -3.63. The third-order valence-corrected chi connectivity index (χ3v) is 7.43. The minimum absolute atomic E-state index is 0.0190. The Bertz CT molecular complexity index is 912. The fourth-order valence-corrected chi connectivity index (χ4v) is 5.83. The van der Waals surface area contributed by atoms with Gasteiger partial charge in [0, 0.05) is 24.5 Å². The van der Waals surface area contributed by atoms with Gasteiger partial charge in [-0.1, -0.05) is 18.2 Å². The Kier molecular flexibility index (Phi) is 4.36. The van der Waals surface area contributed by atoms with E-state index in [1.165, 1.54) is 0 Å². The van der Waals surface area contributed by atoms with Crippen LogP contribution in [0, 0.1) is 5.92 Å². The maximum absolute atomic E-state index is 13.4. The molecule has 2 aliphatic rings. The molecule has 26 heavy (non-hydrogen) atoms. The Morgan fingerprint density at radius 3 is 2.50 bits per heavy atom. The number of rotatable bonds is 5. The minimum atomic E-state index is -3.63. The van der Waals surface area contributed by atoms with Gasteiger partial charge < -0.3 is 4.74 Å². The molecule has 2 aromatic rings. The summed E-state index contributed by atoms with van der Waals surface area (Å²) in [4.78, 5) is 7.51. The number of aliphatic imine (C=N–C) groups is 1. The third kappa shape index (κ3) is 2.84. The molecule has 1 aliphatic heterocycles. The number of allylic oxidation sites excluding steroid dienone is 1. The number of aromatic nitrogens is 1. The van der Waals surface area contributed by atoms with E-state index in [1.807, 2.05) is 18.2 Å². The van der Waals surface area contributed by atoms with Gasteiger partial charge in [0.15, 0.2) is 4.87 Å². The third-order valence-electron chi connectivity index (χ3n) is 5.10. The van der Waals surface area contributed by atoms with Gasteiger partial charge in [0.1, 0.15) is 5.75 Å². The standard InChI is InChI=1S/C20H20N2O3S/c23-26(24,19-5-2-1-3-6-19)20(11-4-12-22-20)16-7-8-18(15-16)25-17-9-13-21-14-10-17/h1-6,9-14,16,18H,7-8,15H2. The van der Waals surface area contributed by atoms with Crippen LogP contribution in [0.1, 0.15) is 19.3 Å². The summed E-state index contributed by atoms with van der Waals surface area (Å²) in [6, 6.07) is 12.2. The van der Waals surface area contributed by atoms with Gasteiger partial charge in [-0.15, -0.1) is 0 Å². The molecule has 0 saturated heterocycles. The van der Waals surface area contributed by atoms with E-state index in [9.17, 15) is 8.42 Å². The Labute approximate surface area is 153 Å². The fourth-order valence-electron chi connectivity index (χ4n) is 3.82. The molecule has 2 heterocycles. The maximum atomic E-state index is 13.4. The van der Waals surface area contributed by atoms with E-state index in [2.05, 4.69) is 9.98 Å². The molecule has 3 unspecified atom stereocenters. The first-order valence-electron chi connectivity index (χ1n) is 8.71. The molecule has 6 heteroatoms. The average Bonchev–Trinajstić information content (AvgIpc) is 3.34. The summed E-state index contributed by atoms with van der Waals surface area (Å²) in [6.07, 6.45) is 10.6. The van der Waals surface area contributed by atoms with Crippen molar-refractivity contribution in [3.63, 3.8) is 0 Å². The lowest BCUT2D eigenvalue weighted by Gasteiger charge is -2.30. The van der Waals surface area contributed by atoms with Crippen molar-refractivity contribution in [2.75, 3.05) is 0 Å². The van der Waals surface area contributed by atoms with Gasteiger partial charge in [-0.2, -0.15) is 0 Å². The van der Waals surface area contributed by atoms with Crippen molar-refractivity contribution in [2.45, 2.75) is 35.1 Å². The van der Waals surface area contributed by atoms with Crippen LogP contribution in [0.4, 0.5) is 0 Å². The van der Waals surface area contributed by atoms with E-state index in [1.54, 1.807) is 55.0 Å². The molecule has 5 nitrogen and oxygen atoms in total. The van der Waals surface area contributed by atoms with Crippen molar-refractivity contribution in [3.8, 4) is 5.75 Å². The summed E-state index contributed by atoms with van der Waals surface area (Å²) in [5.74, 6) is 0.644. The van der Waals surface area contributed by atoms with Gasteiger partial charge in [-0.3, -0.25) is 9.98 Å². The SMILES string of the molecule is O=S(=O)(c1ccccc1)C1(C2CCC(Oc3ccncc3)C2)C=CC=N1. The molecule has 0 amide bonds. The van der Waals surface area contributed by atoms with Crippen LogP contribution in [0.5, 0.6) is 5.75 Å². The Balaban J connectivity index is 1.60. The molecule has 1 aromatic heterocycles. The smallest absolute Gasteiger partial charge is 0.208 e. The molecule has 4 rings (SSSR count). The number of hydrogen-bond donors (Lipinski definition) is 0. The summed E-state index contributed by atoms with van der Waals surface area (Å²) in [5.41, 5.74) is 0. The molecule has 1 fully saturated rings. The quantitative estimate of drug-likeness (QED) is 0.811. The number of hydrogen-bond acceptors (Lipinski definition) is 5. The number of benzene rings is 1. The molecular formula is C20H20N2O3S. The fraction of sp³-hybridized carbons (Fsp3) is 0.300. The van der Waals surface area contributed by atoms with Crippen molar-refractivity contribution >= 4 is 16.1 Å². The van der Waals surface area contributed by atoms with Crippen LogP contribution >= 0.6 is 0 Å². The normalized spacial score (nSPS) is 27.7. The molecule has 3 atom stereocenters.